The molecule has 0 nitrogen and oxygen atoms in total. The number of rotatable bonds is 4. The molecule has 0 aliphatic heterocycles. The minimum Gasteiger partial charge on any atom is -0.205 e. The van der Waals surface area contributed by atoms with Gasteiger partial charge < -0.3 is 0 Å². The lowest BCUT2D eigenvalue weighted by Crippen LogP contribution is -2.13. The summed E-state index contributed by atoms with van der Waals surface area (Å²) >= 11 is 5.72. The summed E-state index contributed by atoms with van der Waals surface area (Å²) in [7, 11) is 0. The van der Waals surface area contributed by atoms with Gasteiger partial charge in [-0.3, -0.25) is 0 Å². The van der Waals surface area contributed by atoms with Crippen molar-refractivity contribution in [3.05, 3.63) is 34.6 Å². The summed E-state index contributed by atoms with van der Waals surface area (Å²) in [4.78, 5) is 0. The van der Waals surface area contributed by atoms with Crippen LogP contribution in [0.15, 0.2) is 18.2 Å². The molecule has 1 saturated carbocycles. The first-order valence-corrected chi connectivity index (χ1v) is 7.53. The van der Waals surface area contributed by atoms with Crippen LogP contribution in [0.3, 0.4) is 0 Å². The van der Waals surface area contributed by atoms with Crippen molar-refractivity contribution in [3.8, 4) is 0 Å². The number of hydrogen-bond acceptors (Lipinski definition) is 0. The second-order valence-corrected chi connectivity index (χ2v) is 5.94. The van der Waals surface area contributed by atoms with Crippen molar-refractivity contribution in [2.24, 2.45) is 5.92 Å². The zero-order valence-electron chi connectivity index (χ0n) is 11.1. The van der Waals surface area contributed by atoms with E-state index in [2.05, 4.69) is 6.92 Å². The molecule has 0 aromatic heterocycles. The molecule has 1 fully saturated rings. The minimum absolute atomic E-state index is 0.232. The molecule has 0 unspecified atom stereocenters. The number of unbranched alkanes of at least 4 members (excludes halogenated alkanes) is 1. The van der Waals surface area contributed by atoms with Gasteiger partial charge >= 0.3 is 0 Å². The fraction of sp³-hybridized carbons (Fsp3) is 0.625. The summed E-state index contributed by atoms with van der Waals surface area (Å²) in [6.07, 6.45) is 9.03. The van der Waals surface area contributed by atoms with Gasteiger partial charge in [0, 0.05) is 0 Å². The summed E-state index contributed by atoms with van der Waals surface area (Å²) in [6.45, 7) is 2.25. The third-order valence-electron chi connectivity index (χ3n) is 4.23. The minimum atomic E-state index is -0.276. The van der Waals surface area contributed by atoms with Gasteiger partial charge in [-0.1, -0.05) is 43.9 Å². The van der Waals surface area contributed by atoms with Crippen molar-refractivity contribution >= 4 is 11.6 Å². The number of halogens is 2. The zero-order chi connectivity index (χ0) is 13.0. The van der Waals surface area contributed by atoms with E-state index in [-0.39, 0.29) is 10.8 Å². The fourth-order valence-electron chi connectivity index (χ4n) is 3.04. The molecule has 0 spiro atoms. The zero-order valence-corrected chi connectivity index (χ0v) is 11.8. The molecule has 0 bridgehead atoms. The van der Waals surface area contributed by atoms with E-state index < -0.39 is 0 Å². The predicted octanol–water partition coefficient (Wildman–Crippen LogP) is 5.94. The van der Waals surface area contributed by atoms with Crippen LogP contribution in [0.4, 0.5) is 4.39 Å². The lowest BCUT2D eigenvalue weighted by molar-refractivity contribution is 0.304. The molecule has 18 heavy (non-hydrogen) atoms. The van der Waals surface area contributed by atoms with Gasteiger partial charge in [0.25, 0.3) is 0 Å². The topological polar surface area (TPSA) is 0 Å². The molecule has 1 aromatic rings. The van der Waals surface area contributed by atoms with E-state index in [1.54, 1.807) is 12.1 Å². The second kappa shape index (κ2) is 6.56. The average molecular weight is 269 g/mol. The van der Waals surface area contributed by atoms with E-state index in [9.17, 15) is 4.39 Å². The molecule has 0 heterocycles. The normalized spacial score (nSPS) is 24.2. The van der Waals surface area contributed by atoms with Crippen LogP contribution in [0, 0.1) is 11.7 Å². The van der Waals surface area contributed by atoms with Gasteiger partial charge in [0.1, 0.15) is 5.82 Å². The van der Waals surface area contributed by atoms with Crippen molar-refractivity contribution in [2.75, 3.05) is 0 Å². The van der Waals surface area contributed by atoms with E-state index in [0.717, 1.165) is 11.5 Å². The maximum absolute atomic E-state index is 13.4. The Morgan fingerprint density at radius 2 is 1.94 bits per heavy atom. The average Bonchev–Trinajstić information content (AvgIpc) is 2.40. The van der Waals surface area contributed by atoms with Gasteiger partial charge in [0.15, 0.2) is 0 Å². The Balaban J connectivity index is 1.90. The van der Waals surface area contributed by atoms with Crippen LogP contribution < -0.4 is 0 Å². The molecule has 0 N–H and O–H groups in total. The van der Waals surface area contributed by atoms with Crippen molar-refractivity contribution in [2.45, 2.75) is 57.8 Å². The summed E-state index contributed by atoms with van der Waals surface area (Å²) in [5.74, 6) is 1.16. The summed E-state index contributed by atoms with van der Waals surface area (Å²) in [5.41, 5.74) is 1.13. The van der Waals surface area contributed by atoms with Gasteiger partial charge in [-0.2, -0.15) is 0 Å². The highest BCUT2D eigenvalue weighted by atomic mass is 35.5. The molecule has 1 aromatic carbocycles. The van der Waals surface area contributed by atoms with Crippen molar-refractivity contribution in [3.63, 3.8) is 0 Å². The molecule has 0 atom stereocenters. The Morgan fingerprint density at radius 1 is 1.22 bits per heavy atom. The van der Waals surface area contributed by atoms with Gasteiger partial charge in [-0.05, 0) is 55.2 Å². The molecule has 2 rings (SSSR count). The Kier molecular flexibility index (Phi) is 5.05. The summed E-state index contributed by atoms with van der Waals surface area (Å²) < 4.78 is 13.4. The van der Waals surface area contributed by atoms with Gasteiger partial charge in [0.05, 0.1) is 5.02 Å². The van der Waals surface area contributed by atoms with Crippen LogP contribution in [-0.2, 0) is 0 Å². The van der Waals surface area contributed by atoms with Crippen molar-refractivity contribution in [1.29, 1.82) is 0 Å². The number of benzene rings is 1. The lowest BCUT2D eigenvalue weighted by atomic mass is 9.77. The van der Waals surface area contributed by atoms with Crippen molar-refractivity contribution in [1.82, 2.24) is 0 Å². The molecule has 2 heteroatoms. The Hall–Kier alpha value is -0.560. The third kappa shape index (κ3) is 3.47. The first kappa shape index (κ1) is 13.9. The van der Waals surface area contributed by atoms with Crippen molar-refractivity contribution < 1.29 is 4.39 Å². The van der Waals surface area contributed by atoms with Crippen LogP contribution >= 0.6 is 11.6 Å². The molecule has 1 aliphatic rings. The smallest absolute Gasteiger partial charge is 0.142 e. The highest BCUT2D eigenvalue weighted by molar-refractivity contribution is 6.30. The molecule has 0 saturated heterocycles. The van der Waals surface area contributed by atoms with Crippen LogP contribution in [0.25, 0.3) is 0 Å². The quantitative estimate of drug-likeness (QED) is 0.634. The maximum Gasteiger partial charge on any atom is 0.142 e. The molecular weight excluding hydrogens is 247 g/mol. The molecular formula is C16H22ClF. The standard InChI is InChI=1S/C16H22ClF/c1-2-3-4-12-5-7-13(8-6-12)14-9-10-15(17)16(18)11-14/h9-13H,2-8H2,1H3. The monoisotopic (exact) mass is 268 g/mol. The van der Waals surface area contributed by atoms with E-state index in [4.69, 9.17) is 11.6 Å². The van der Waals surface area contributed by atoms with E-state index in [1.165, 1.54) is 44.9 Å². The first-order chi connectivity index (χ1) is 8.70. The largest absolute Gasteiger partial charge is 0.205 e. The SMILES string of the molecule is CCCCC1CCC(c2ccc(Cl)c(F)c2)CC1. The van der Waals surface area contributed by atoms with Crippen LogP contribution in [0.5, 0.6) is 0 Å². The third-order valence-corrected chi connectivity index (χ3v) is 4.53. The second-order valence-electron chi connectivity index (χ2n) is 5.53. The van der Waals surface area contributed by atoms with Crippen LogP contribution in [0.1, 0.15) is 63.4 Å². The van der Waals surface area contributed by atoms with Gasteiger partial charge in [-0.15, -0.1) is 0 Å². The van der Waals surface area contributed by atoms with E-state index >= 15 is 0 Å². The molecule has 0 radical (unpaired) electrons. The van der Waals surface area contributed by atoms with Crippen LogP contribution in [-0.4, -0.2) is 0 Å². The van der Waals surface area contributed by atoms with E-state index in [1.807, 2.05) is 6.07 Å². The molecule has 0 amide bonds. The Bertz CT molecular complexity index is 381. The first-order valence-electron chi connectivity index (χ1n) is 7.15. The Morgan fingerprint density at radius 3 is 2.56 bits per heavy atom. The number of hydrogen-bond donors (Lipinski definition) is 0. The highest BCUT2D eigenvalue weighted by Gasteiger charge is 2.22. The van der Waals surface area contributed by atoms with E-state index in [0.29, 0.717) is 5.92 Å². The van der Waals surface area contributed by atoms with Gasteiger partial charge in [0.2, 0.25) is 0 Å². The van der Waals surface area contributed by atoms with Gasteiger partial charge in [-0.25, -0.2) is 4.39 Å². The maximum atomic E-state index is 13.4. The van der Waals surface area contributed by atoms with Crippen LogP contribution in [0.2, 0.25) is 5.02 Å². The summed E-state index contributed by atoms with van der Waals surface area (Å²) in [6, 6.07) is 5.30. The highest BCUT2D eigenvalue weighted by Crippen LogP contribution is 2.38. The lowest BCUT2D eigenvalue weighted by Gasteiger charge is -2.28. The molecule has 1 aliphatic carbocycles. The predicted molar refractivity (Wildman–Crippen MR) is 75.6 cm³/mol. The molecule has 100 valence electrons. The Labute approximate surface area is 115 Å². The fourth-order valence-corrected chi connectivity index (χ4v) is 3.16. The summed E-state index contributed by atoms with van der Waals surface area (Å²) in [5, 5.41) is 0.232.